The Morgan fingerprint density at radius 3 is 2.83 bits per heavy atom. The third-order valence-electron chi connectivity index (χ3n) is 5.14. The first-order chi connectivity index (χ1) is 11.5. The average Bonchev–Trinajstić information content (AvgIpc) is 2.96. The number of likely N-dealkylation sites (tertiary alicyclic amines) is 1. The summed E-state index contributed by atoms with van der Waals surface area (Å²) in [6.07, 6.45) is 2.61. The monoisotopic (exact) mass is 393 g/mol. The molecule has 0 aromatic heterocycles. The Morgan fingerprint density at radius 1 is 1.33 bits per heavy atom. The van der Waals surface area contributed by atoms with Gasteiger partial charge in [-0.15, -0.1) is 0 Å². The van der Waals surface area contributed by atoms with Crippen LogP contribution >= 0.6 is 15.9 Å². The van der Waals surface area contributed by atoms with Crippen molar-refractivity contribution < 1.29 is 9.59 Å². The van der Waals surface area contributed by atoms with Crippen molar-refractivity contribution in [3.05, 3.63) is 28.7 Å². The number of rotatable bonds is 3. The highest BCUT2D eigenvalue weighted by Crippen LogP contribution is 2.29. The molecule has 0 bridgehead atoms. The molecule has 2 aliphatic rings. The Morgan fingerprint density at radius 2 is 2.12 bits per heavy atom. The Bertz CT molecular complexity index is 634. The summed E-state index contributed by atoms with van der Waals surface area (Å²) < 4.78 is 0.929. The Hall–Kier alpha value is -1.40. The summed E-state index contributed by atoms with van der Waals surface area (Å²) in [5, 5.41) is 0. The lowest BCUT2D eigenvalue weighted by Crippen LogP contribution is -2.48. The van der Waals surface area contributed by atoms with E-state index in [-0.39, 0.29) is 17.9 Å². The van der Waals surface area contributed by atoms with E-state index in [9.17, 15) is 9.59 Å². The smallest absolute Gasteiger partial charge is 0.239 e. The highest BCUT2D eigenvalue weighted by Gasteiger charge is 2.40. The second-order valence-corrected chi connectivity index (χ2v) is 7.77. The van der Waals surface area contributed by atoms with E-state index >= 15 is 0 Å². The van der Waals surface area contributed by atoms with E-state index in [1.807, 2.05) is 36.1 Å². The highest BCUT2D eigenvalue weighted by atomic mass is 79.9. The average molecular weight is 394 g/mol. The summed E-state index contributed by atoms with van der Waals surface area (Å²) in [5.74, 6) is -0.319. The quantitative estimate of drug-likeness (QED) is 0.801. The first-order valence-electron chi connectivity index (χ1n) is 8.58. The van der Waals surface area contributed by atoms with E-state index < -0.39 is 5.92 Å². The highest BCUT2D eigenvalue weighted by molar-refractivity contribution is 9.10. The number of nitrogens with zero attached hydrogens (tertiary/aromatic N) is 2. The molecule has 130 valence electrons. The van der Waals surface area contributed by atoms with Gasteiger partial charge < -0.3 is 15.5 Å². The van der Waals surface area contributed by atoms with Crippen LogP contribution in [0.5, 0.6) is 0 Å². The molecule has 1 aromatic carbocycles. The van der Waals surface area contributed by atoms with Crippen molar-refractivity contribution in [1.82, 2.24) is 4.90 Å². The van der Waals surface area contributed by atoms with Gasteiger partial charge in [0, 0.05) is 35.8 Å². The van der Waals surface area contributed by atoms with Crippen LogP contribution < -0.4 is 10.6 Å². The van der Waals surface area contributed by atoms with Crippen LogP contribution in [0, 0.1) is 11.8 Å². The van der Waals surface area contributed by atoms with Gasteiger partial charge in [0.05, 0.1) is 0 Å². The van der Waals surface area contributed by atoms with Gasteiger partial charge >= 0.3 is 0 Å². The van der Waals surface area contributed by atoms with Crippen molar-refractivity contribution in [3.8, 4) is 0 Å². The van der Waals surface area contributed by atoms with Gasteiger partial charge in [-0.05, 0) is 50.3 Å². The Labute approximate surface area is 151 Å². The van der Waals surface area contributed by atoms with Crippen molar-refractivity contribution in [2.45, 2.75) is 32.2 Å². The van der Waals surface area contributed by atoms with Crippen LogP contribution in [0.2, 0.25) is 0 Å². The number of hydrogen-bond acceptors (Lipinski definition) is 3. The van der Waals surface area contributed by atoms with Crippen LogP contribution in [0.3, 0.4) is 0 Å². The molecule has 3 unspecified atom stereocenters. The first kappa shape index (κ1) is 17.4. The molecule has 0 radical (unpaired) electrons. The zero-order chi connectivity index (χ0) is 17.3. The number of benzene rings is 1. The normalized spacial score (nSPS) is 25.9. The predicted molar refractivity (Wildman–Crippen MR) is 97.6 cm³/mol. The maximum atomic E-state index is 12.9. The summed E-state index contributed by atoms with van der Waals surface area (Å²) in [5.41, 5.74) is 6.85. The molecule has 2 aliphatic heterocycles. The molecule has 2 amide bonds. The van der Waals surface area contributed by atoms with Crippen LogP contribution in [0.25, 0.3) is 0 Å². The van der Waals surface area contributed by atoms with Gasteiger partial charge in [0.2, 0.25) is 11.8 Å². The molecular weight excluding hydrogens is 370 g/mol. The van der Waals surface area contributed by atoms with Gasteiger partial charge in [-0.3, -0.25) is 9.59 Å². The van der Waals surface area contributed by atoms with Crippen molar-refractivity contribution in [3.63, 3.8) is 0 Å². The topological polar surface area (TPSA) is 66.6 Å². The second-order valence-electron chi connectivity index (χ2n) is 6.86. The fourth-order valence-corrected chi connectivity index (χ4v) is 4.06. The molecule has 0 spiro atoms. The van der Waals surface area contributed by atoms with E-state index in [4.69, 9.17) is 5.73 Å². The molecule has 0 saturated carbocycles. The fourth-order valence-electron chi connectivity index (χ4n) is 3.67. The van der Waals surface area contributed by atoms with Gasteiger partial charge in [-0.25, -0.2) is 0 Å². The van der Waals surface area contributed by atoms with Gasteiger partial charge in [0.25, 0.3) is 0 Å². The van der Waals surface area contributed by atoms with Crippen LogP contribution in [-0.2, 0) is 9.59 Å². The molecule has 3 rings (SSSR count). The third-order valence-corrected chi connectivity index (χ3v) is 5.63. The molecule has 2 N–H and O–H groups in total. The van der Waals surface area contributed by atoms with Crippen LogP contribution in [0.1, 0.15) is 26.2 Å². The lowest BCUT2D eigenvalue weighted by molar-refractivity contribution is -0.141. The number of hydrogen-bond donors (Lipinski definition) is 1. The Balaban J connectivity index is 1.69. The van der Waals surface area contributed by atoms with E-state index in [1.54, 1.807) is 4.90 Å². The summed E-state index contributed by atoms with van der Waals surface area (Å²) >= 11 is 3.43. The molecule has 3 atom stereocenters. The second kappa shape index (κ2) is 7.23. The predicted octanol–water partition coefficient (Wildman–Crippen LogP) is 2.39. The fraction of sp³-hybridized carbons (Fsp3) is 0.556. The minimum absolute atomic E-state index is 0.0251. The summed E-state index contributed by atoms with van der Waals surface area (Å²) in [6, 6.07) is 7.73. The first-order valence-corrected chi connectivity index (χ1v) is 9.38. The number of carbonyl (C=O) groups excluding carboxylic acids is 2. The maximum Gasteiger partial charge on any atom is 0.239 e. The summed E-state index contributed by atoms with van der Waals surface area (Å²) in [6.45, 7) is 4.00. The number of halogens is 1. The molecule has 5 nitrogen and oxygen atoms in total. The standard InChI is InChI=1S/C18H24BrN3O2/c1-12(20)13-4-3-8-21(11-13)17(23)16-7-9-22(18(16)24)15-6-2-5-14(19)10-15/h2,5-6,10,12-13,16H,3-4,7-9,11,20H2,1H3. The summed E-state index contributed by atoms with van der Waals surface area (Å²) in [4.78, 5) is 29.2. The number of nitrogens with two attached hydrogens (primary N) is 1. The minimum atomic E-state index is -0.546. The molecule has 24 heavy (non-hydrogen) atoms. The van der Waals surface area contributed by atoms with Gasteiger partial charge in [0.15, 0.2) is 0 Å². The van der Waals surface area contributed by atoms with E-state index in [1.165, 1.54) is 0 Å². The number of carbonyl (C=O) groups is 2. The summed E-state index contributed by atoms with van der Waals surface area (Å²) in [7, 11) is 0. The number of amides is 2. The van der Waals surface area contributed by atoms with Crippen molar-refractivity contribution in [2.75, 3.05) is 24.5 Å². The largest absolute Gasteiger partial charge is 0.342 e. The minimum Gasteiger partial charge on any atom is -0.342 e. The molecular formula is C18H24BrN3O2. The SMILES string of the molecule is CC(N)C1CCCN(C(=O)C2CCN(c3cccc(Br)c3)C2=O)C1. The number of piperidine rings is 1. The van der Waals surface area contributed by atoms with Gasteiger partial charge in [0.1, 0.15) is 5.92 Å². The molecule has 2 saturated heterocycles. The van der Waals surface area contributed by atoms with Crippen molar-refractivity contribution in [1.29, 1.82) is 0 Å². The van der Waals surface area contributed by atoms with Crippen LogP contribution in [0.4, 0.5) is 5.69 Å². The van der Waals surface area contributed by atoms with Crippen molar-refractivity contribution >= 4 is 33.4 Å². The lowest BCUT2D eigenvalue weighted by atomic mass is 9.91. The molecule has 0 aliphatic carbocycles. The Kier molecular flexibility index (Phi) is 5.25. The van der Waals surface area contributed by atoms with Crippen LogP contribution in [-0.4, -0.2) is 42.4 Å². The van der Waals surface area contributed by atoms with E-state index in [2.05, 4.69) is 15.9 Å². The van der Waals surface area contributed by atoms with Gasteiger partial charge in [-0.2, -0.15) is 0 Å². The lowest BCUT2D eigenvalue weighted by Gasteiger charge is -2.35. The van der Waals surface area contributed by atoms with E-state index in [0.29, 0.717) is 25.4 Å². The molecule has 1 aromatic rings. The molecule has 2 fully saturated rings. The van der Waals surface area contributed by atoms with Crippen LogP contribution in [0.15, 0.2) is 28.7 Å². The van der Waals surface area contributed by atoms with Crippen molar-refractivity contribution in [2.24, 2.45) is 17.6 Å². The van der Waals surface area contributed by atoms with E-state index in [0.717, 1.165) is 29.5 Å². The maximum absolute atomic E-state index is 12.9. The number of anilines is 1. The van der Waals surface area contributed by atoms with Gasteiger partial charge in [-0.1, -0.05) is 22.0 Å². The molecule has 6 heteroatoms. The zero-order valence-electron chi connectivity index (χ0n) is 14.0. The third kappa shape index (κ3) is 3.49. The molecule has 2 heterocycles. The zero-order valence-corrected chi connectivity index (χ0v) is 15.5.